The Bertz CT molecular complexity index is 726. The lowest BCUT2D eigenvalue weighted by molar-refractivity contribution is 0.410. The van der Waals surface area contributed by atoms with Crippen LogP contribution in [-0.4, -0.2) is 37.8 Å². The van der Waals surface area contributed by atoms with Crippen LogP contribution >= 0.6 is 0 Å². The summed E-state index contributed by atoms with van der Waals surface area (Å²) in [5, 5.41) is 3.77. The van der Waals surface area contributed by atoms with Crippen molar-refractivity contribution in [1.29, 1.82) is 0 Å². The van der Waals surface area contributed by atoms with Crippen molar-refractivity contribution in [3.05, 3.63) is 30.3 Å². The van der Waals surface area contributed by atoms with Gasteiger partial charge in [-0.15, -0.1) is 0 Å². The largest absolute Gasteiger partial charge is 0.373 e. The highest BCUT2D eigenvalue weighted by Gasteiger charge is 2.23. The van der Waals surface area contributed by atoms with Crippen molar-refractivity contribution in [3.8, 4) is 0 Å². The number of hydrogen-bond donors (Lipinski definition) is 1. The van der Waals surface area contributed by atoms with Crippen molar-refractivity contribution >= 4 is 26.7 Å². The second-order valence-electron chi connectivity index (χ2n) is 4.92. The maximum Gasteiger partial charge on any atom is 0.243 e. The van der Waals surface area contributed by atoms with Crippen LogP contribution in [0.15, 0.2) is 35.2 Å². The molecule has 20 heavy (non-hydrogen) atoms. The molecule has 0 saturated heterocycles. The van der Waals surface area contributed by atoms with Gasteiger partial charge < -0.3 is 5.32 Å². The van der Waals surface area contributed by atoms with Crippen LogP contribution in [0, 0.1) is 0 Å². The molecule has 1 aromatic carbocycles. The number of benzene rings is 1. The maximum absolute atomic E-state index is 12.4. The Morgan fingerprint density at radius 1 is 1.20 bits per heavy atom. The summed E-state index contributed by atoms with van der Waals surface area (Å²) >= 11 is 0. The topological polar surface area (TPSA) is 62.3 Å². The minimum Gasteiger partial charge on any atom is -0.373 e. The van der Waals surface area contributed by atoms with E-state index in [1.54, 1.807) is 32.3 Å². The molecule has 0 spiro atoms. The standard InChI is InChI=1S/C14H19N3O2S/c1-10(2)17(4)20(18,19)12-6-7-13-11(9-12)5-8-14(15-3)16-13/h5-10H,1-4H3,(H,15,16). The van der Waals surface area contributed by atoms with Crippen LogP contribution in [-0.2, 0) is 10.0 Å². The third kappa shape index (κ3) is 2.62. The number of aromatic nitrogens is 1. The van der Waals surface area contributed by atoms with Gasteiger partial charge in [-0.1, -0.05) is 0 Å². The summed E-state index contributed by atoms with van der Waals surface area (Å²) < 4.78 is 26.2. The van der Waals surface area contributed by atoms with Crippen molar-refractivity contribution in [1.82, 2.24) is 9.29 Å². The van der Waals surface area contributed by atoms with Gasteiger partial charge in [0.2, 0.25) is 10.0 Å². The van der Waals surface area contributed by atoms with Crippen molar-refractivity contribution in [2.75, 3.05) is 19.4 Å². The van der Waals surface area contributed by atoms with Gasteiger partial charge in [0.05, 0.1) is 10.4 Å². The van der Waals surface area contributed by atoms with E-state index in [9.17, 15) is 8.42 Å². The highest BCUT2D eigenvalue weighted by Crippen LogP contribution is 2.22. The second-order valence-corrected chi connectivity index (χ2v) is 6.91. The zero-order chi connectivity index (χ0) is 14.9. The van der Waals surface area contributed by atoms with Crippen LogP contribution in [0.2, 0.25) is 0 Å². The lowest BCUT2D eigenvalue weighted by Crippen LogP contribution is -2.33. The molecular weight excluding hydrogens is 274 g/mol. The smallest absolute Gasteiger partial charge is 0.243 e. The first-order valence-corrected chi connectivity index (χ1v) is 7.87. The van der Waals surface area contributed by atoms with Crippen molar-refractivity contribution in [2.24, 2.45) is 0 Å². The van der Waals surface area contributed by atoms with E-state index < -0.39 is 10.0 Å². The van der Waals surface area contributed by atoms with Crippen LogP contribution in [0.1, 0.15) is 13.8 Å². The molecule has 0 atom stereocenters. The first-order valence-electron chi connectivity index (χ1n) is 6.43. The van der Waals surface area contributed by atoms with Gasteiger partial charge in [-0.25, -0.2) is 13.4 Å². The molecule has 0 saturated carbocycles. The Hall–Kier alpha value is -1.66. The molecule has 0 aliphatic carbocycles. The van der Waals surface area contributed by atoms with Crippen molar-refractivity contribution < 1.29 is 8.42 Å². The number of anilines is 1. The average Bonchev–Trinajstić information content (AvgIpc) is 2.44. The molecule has 2 aromatic rings. The van der Waals surface area contributed by atoms with Gasteiger partial charge >= 0.3 is 0 Å². The Morgan fingerprint density at radius 3 is 2.50 bits per heavy atom. The average molecular weight is 293 g/mol. The molecule has 0 amide bonds. The first kappa shape index (κ1) is 14.7. The third-order valence-corrected chi connectivity index (χ3v) is 5.35. The molecule has 1 heterocycles. The molecule has 0 fully saturated rings. The molecule has 0 radical (unpaired) electrons. The minimum absolute atomic E-state index is 0.0829. The molecular formula is C14H19N3O2S. The van der Waals surface area contributed by atoms with E-state index in [0.29, 0.717) is 4.90 Å². The Labute approximate surface area is 119 Å². The Balaban J connectivity index is 2.52. The fraction of sp³-hybridized carbons (Fsp3) is 0.357. The monoisotopic (exact) mass is 293 g/mol. The molecule has 0 aliphatic heterocycles. The van der Waals surface area contributed by atoms with E-state index in [2.05, 4.69) is 10.3 Å². The van der Waals surface area contributed by atoms with Gasteiger partial charge in [0.1, 0.15) is 5.82 Å². The molecule has 0 bridgehead atoms. The summed E-state index contributed by atoms with van der Waals surface area (Å²) in [7, 11) is -0.0694. The summed E-state index contributed by atoms with van der Waals surface area (Å²) in [6, 6.07) is 8.60. The Morgan fingerprint density at radius 2 is 1.90 bits per heavy atom. The summed E-state index contributed by atoms with van der Waals surface area (Å²) in [6.45, 7) is 3.69. The lowest BCUT2D eigenvalue weighted by Gasteiger charge is -2.21. The number of pyridine rings is 1. The predicted octanol–water partition coefficient (Wildman–Crippen LogP) is 2.31. The van der Waals surface area contributed by atoms with Crippen LogP contribution in [0.25, 0.3) is 10.9 Å². The molecule has 1 N–H and O–H groups in total. The second kappa shape index (κ2) is 5.38. The van der Waals surface area contributed by atoms with E-state index in [0.717, 1.165) is 16.7 Å². The molecule has 5 nitrogen and oxygen atoms in total. The summed E-state index contributed by atoms with van der Waals surface area (Å²) in [4.78, 5) is 4.67. The quantitative estimate of drug-likeness (QED) is 0.939. The number of nitrogens with one attached hydrogen (secondary N) is 1. The van der Waals surface area contributed by atoms with Gasteiger partial charge in [-0.3, -0.25) is 0 Å². The van der Waals surface area contributed by atoms with E-state index in [4.69, 9.17) is 0 Å². The zero-order valence-corrected chi connectivity index (χ0v) is 12.9. The fourth-order valence-corrected chi connectivity index (χ4v) is 3.25. The van der Waals surface area contributed by atoms with Gasteiger partial charge in [0.25, 0.3) is 0 Å². The van der Waals surface area contributed by atoms with Crippen molar-refractivity contribution in [2.45, 2.75) is 24.8 Å². The van der Waals surface area contributed by atoms with Crippen molar-refractivity contribution in [3.63, 3.8) is 0 Å². The Kier molecular flexibility index (Phi) is 3.96. The number of hydrogen-bond acceptors (Lipinski definition) is 4. The summed E-state index contributed by atoms with van der Waals surface area (Å²) in [5.74, 6) is 0.757. The molecule has 6 heteroatoms. The van der Waals surface area contributed by atoms with Gasteiger partial charge in [-0.05, 0) is 44.2 Å². The molecule has 0 unspecified atom stereocenters. The normalized spacial score (nSPS) is 12.3. The zero-order valence-electron chi connectivity index (χ0n) is 12.1. The predicted molar refractivity (Wildman–Crippen MR) is 81.4 cm³/mol. The first-order chi connectivity index (χ1) is 9.36. The lowest BCUT2D eigenvalue weighted by atomic mass is 10.2. The molecule has 108 valence electrons. The van der Waals surface area contributed by atoms with Gasteiger partial charge in [-0.2, -0.15) is 4.31 Å². The number of fused-ring (bicyclic) bond motifs is 1. The SMILES string of the molecule is CNc1ccc2cc(S(=O)(=O)N(C)C(C)C)ccc2n1. The molecule has 1 aromatic heterocycles. The summed E-state index contributed by atoms with van der Waals surface area (Å²) in [5.41, 5.74) is 0.767. The van der Waals surface area contributed by atoms with Gasteiger partial charge in [0, 0.05) is 25.5 Å². The number of sulfonamides is 1. The highest BCUT2D eigenvalue weighted by molar-refractivity contribution is 7.89. The summed E-state index contributed by atoms with van der Waals surface area (Å²) in [6.07, 6.45) is 0. The number of rotatable bonds is 4. The maximum atomic E-state index is 12.4. The van der Waals surface area contributed by atoms with Gasteiger partial charge in [0.15, 0.2) is 0 Å². The van der Waals surface area contributed by atoms with Crippen LogP contribution in [0.5, 0.6) is 0 Å². The van der Waals surface area contributed by atoms with Crippen LogP contribution in [0.4, 0.5) is 5.82 Å². The van der Waals surface area contributed by atoms with E-state index in [1.165, 1.54) is 4.31 Å². The van der Waals surface area contributed by atoms with Crippen LogP contribution in [0.3, 0.4) is 0 Å². The fourth-order valence-electron chi connectivity index (χ4n) is 1.85. The van der Waals surface area contributed by atoms with E-state index in [-0.39, 0.29) is 6.04 Å². The molecule has 0 aliphatic rings. The van der Waals surface area contributed by atoms with E-state index in [1.807, 2.05) is 26.0 Å². The van der Waals surface area contributed by atoms with E-state index >= 15 is 0 Å². The van der Waals surface area contributed by atoms with Crippen LogP contribution < -0.4 is 5.32 Å². The third-order valence-electron chi connectivity index (χ3n) is 3.32. The molecule has 2 rings (SSSR count). The number of nitrogens with zero attached hydrogens (tertiary/aromatic N) is 2. The highest BCUT2D eigenvalue weighted by atomic mass is 32.2. The minimum atomic E-state index is -3.46.